The van der Waals surface area contributed by atoms with Crippen molar-refractivity contribution in [1.82, 2.24) is 40.0 Å². The number of benzene rings is 3. The van der Waals surface area contributed by atoms with Crippen LogP contribution in [0.4, 0.5) is 10.5 Å². The highest BCUT2D eigenvalue weighted by Gasteiger charge is 2.34. The van der Waals surface area contributed by atoms with Crippen LogP contribution < -0.4 is 40.3 Å². The van der Waals surface area contributed by atoms with Gasteiger partial charge in [0.25, 0.3) is 10.0 Å². The molecule has 5 amide bonds. The second-order valence-electron chi connectivity index (χ2n) is 21.4. The highest BCUT2D eigenvalue weighted by Crippen LogP contribution is 2.49. The minimum Gasteiger partial charge on any atom is -0.744 e. The maximum atomic E-state index is 14.5. The van der Waals surface area contributed by atoms with E-state index >= 15 is 0 Å². The van der Waals surface area contributed by atoms with Crippen LogP contribution in [-0.2, 0) is 68.0 Å². The van der Waals surface area contributed by atoms with Crippen molar-refractivity contribution < 1.29 is 49.7 Å². The van der Waals surface area contributed by atoms with Crippen LogP contribution in [0.5, 0.6) is 0 Å². The number of aryl methyl sites for hydroxylation is 1. The van der Waals surface area contributed by atoms with E-state index < -0.39 is 59.9 Å². The van der Waals surface area contributed by atoms with Gasteiger partial charge < -0.3 is 40.2 Å². The Morgan fingerprint density at radius 3 is 2.23 bits per heavy atom. The largest absolute Gasteiger partial charge is 0.744 e. The van der Waals surface area contributed by atoms with Crippen molar-refractivity contribution in [3.05, 3.63) is 147 Å². The molecule has 3 aromatic carbocycles. The Bertz CT molecular complexity index is 3700. The number of urea groups is 1. The second kappa shape index (κ2) is 27.5. The van der Waals surface area contributed by atoms with Crippen LogP contribution in [0.15, 0.2) is 118 Å². The lowest BCUT2D eigenvalue weighted by molar-refractivity contribution is -0.688. The lowest BCUT2D eigenvalue weighted by Gasteiger charge is -2.31. The quantitative estimate of drug-likeness (QED) is 0.0276. The van der Waals surface area contributed by atoms with E-state index in [0.29, 0.717) is 28.9 Å². The number of carbonyl (C=O) groups excluding carboxylic acids is 4. The molecule has 84 heavy (non-hydrogen) atoms. The third-order valence-electron chi connectivity index (χ3n) is 15.8. The van der Waals surface area contributed by atoms with Crippen molar-refractivity contribution in [2.24, 2.45) is 14.1 Å². The van der Waals surface area contributed by atoms with Crippen LogP contribution in [0.25, 0.3) is 11.1 Å². The number of hydrogen-bond donors (Lipinski definition) is 6. The van der Waals surface area contributed by atoms with Crippen molar-refractivity contribution in [3.63, 3.8) is 0 Å². The molecule has 8 rings (SSSR count). The van der Waals surface area contributed by atoms with Gasteiger partial charge in [-0.05, 0) is 144 Å². The van der Waals surface area contributed by atoms with Crippen LogP contribution in [-0.4, -0.2) is 140 Å². The van der Waals surface area contributed by atoms with E-state index in [4.69, 9.17) is 5.41 Å². The average molecular weight is 1210 g/mol. The predicted molar refractivity (Wildman–Crippen MR) is 322 cm³/mol. The average Bonchev–Trinajstić information content (AvgIpc) is 1.94. The Balaban J connectivity index is 0.967. The lowest BCUT2D eigenvalue weighted by Crippen LogP contribution is -2.56. The number of imidazole rings is 1. The number of rotatable bonds is 25. The van der Waals surface area contributed by atoms with Gasteiger partial charge in [-0.2, -0.15) is 0 Å². The number of carbonyl (C=O) groups is 4. The molecule has 1 fully saturated rings. The summed E-state index contributed by atoms with van der Waals surface area (Å²) in [6, 6.07) is 15.6. The van der Waals surface area contributed by atoms with Crippen LogP contribution >= 0.6 is 11.3 Å². The first-order chi connectivity index (χ1) is 40.1. The Morgan fingerprint density at radius 2 is 1.56 bits per heavy atom. The summed E-state index contributed by atoms with van der Waals surface area (Å²) < 4.78 is 76.8. The number of aromatic nitrogens is 3. The summed E-state index contributed by atoms with van der Waals surface area (Å²) in [6.07, 6.45) is 11.7. The monoisotopic (exact) mass is 1210 g/mol. The molecule has 0 spiro atoms. The van der Waals surface area contributed by atoms with E-state index in [1.807, 2.05) is 107 Å². The standard InChI is InChI=1S/C60H76N12O9S3/c1-8-71(9-2)42-20-23-47-50(31-42)51-32-43(72(10-3)11-4)21-24-48(51)56(47)49-25-22-46(35-54(49)84(79,80)81)83(77,78)66-60(76)62-28-16-15-19-52(64-55(73)34-45-38-82-59(61)69(45)7)57(74)65-53(58(75)63-41-26-29-67(5)30-27-41)33-44-37-70(39-68(44)6)36-40-17-13-12-14-18-40/h12-14,17-18,20-25,31-32,35,37-39,41,52-53,61H,8-11,15-16,19,26-30,33-34,36H2,1-7H3,(H4-2,62,63,64,65,66,73,74,75,76,79,80,81)/p+1/t52-,53-/m0/s1. The fraction of sp³-hybridized carbons (Fsp3) is 0.417. The summed E-state index contributed by atoms with van der Waals surface area (Å²) in [4.78, 5) is 58.9. The fourth-order valence-electron chi connectivity index (χ4n) is 11.0. The molecule has 5 aromatic rings. The van der Waals surface area contributed by atoms with E-state index in [9.17, 15) is 40.6 Å². The molecular formula is C60H77N12O9S3+. The molecule has 2 aromatic heterocycles. The summed E-state index contributed by atoms with van der Waals surface area (Å²) in [5.41, 5.74) is 7.83. The highest BCUT2D eigenvalue weighted by atomic mass is 32.2. The van der Waals surface area contributed by atoms with Crippen molar-refractivity contribution in [2.75, 3.05) is 57.8 Å². The Hall–Kier alpha value is -7.51. The lowest BCUT2D eigenvalue weighted by atomic mass is 9.94. The molecule has 1 aliphatic heterocycles. The minimum atomic E-state index is -5.32. The van der Waals surface area contributed by atoms with Gasteiger partial charge in [-0.25, -0.2) is 40.1 Å². The molecule has 0 bridgehead atoms. The van der Waals surface area contributed by atoms with Gasteiger partial charge in [0.2, 0.25) is 29.8 Å². The van der Waals surface area contributed by atoms with E-state index in [1.54, 1.807) is 17.0 Å². The molecule has 21 nitrogen and oxygen atoms in total. The molecule has 24 heteroatoms. The molecule has 0 radical (unpaired) electrons. The van der Waals surface area contributed by atoms with E-state index in [2.05, 4.69) is 63.3 Å². The smallest absolute Gasteiger partial charge is 0.328 e. The molecule has 448 valence electrons. The molecule has 3 heterocycles. The maximum Gasteiger partial charge on any atom is 0.328 e. The number of anilines is 1. The molecule has 2 atom stereocenters. The first kappa shape index (κ1) is 62.5. The van der Waals surface area contributed by atoms with Crippen LogP contribution in [0.3, 0.4) is 0 Å². The van der Waals surface area contributed by atoms with Crippen molar-refractivity contribution in [3.8, 4) is 0 Å². The summed E-state index contributed by atoms with van der Waals surface area (Å²) in [6.45, 7) is 13.3. The molecule has 1 saturated heterocycles. The normalized spacial score (nSPS) is 15.2. The zero-order chi connectivity index (χ0) is 60.5. The highest BCUT2D eigenvalue weighted by molar-refractivity contribution is 7.90. The number of nitrogens with one attached hydrogen (secondary N) is 6. The number of likely N-dealkylation sites (tertiary alicyclic amines) is 1. The van der Waals surface area contributed by atoms with Gasteiger partial charge >= 0.3 is 6.03 Å². The third-order valence-corrected chi connectivity index (χ3v) is 18.9. The van der Waals surface area contributed by atoms with Gasteiger partial charge in [0, 0.05) is 73.6 Å². The van der Waals surface area contributed by atoms with Crippen molar-refractivity contribution in [2.45, 2.75) is 107 Å². The molecule has 6 N–H and O–H groups in total. The van der Waals surface area contributed by atoms with E-state index in [0.717, 1.165) is 109 Å². The number of thiazole rings is 1. The number of hydrogen-bond acceptors (Lipinski definition) is 13. The van der Waals surface area contributed by atoms with Crippen molar-refractivity contribution in [1.29, 1.82) is 5.41 Å². The van der Waals surface area contributed by atoms with E-state index in [1.165, 1.54) is 6.07 Å². The topological polar surface area (TPSA) is 267 Å². The number of nitrogens with zero attached hydrogens (tertiary/aromatic N) is 6. The number of unbranched alkanes of at least 4 members (excludes halogenated alkanes) is 1. The molecule has 0 unspecified atom stereocenters. The zero-order valence-electron chi connectivity index (χ0n) is 48.7. The maximum absolute atomic E-state index is 14.5. The Labute approximate surface area is 496 Å². The first-order valence-corrected chi connectivity index (χ1v) is 32.3. The second-order valence-corrected chi connectivity index (χ2v) is 25.3. The van der Waals surface area contributed by atoms with Gasteiger partial charge in [-0.1, -0.05) is 42.5 Å². The first-order valence-electron chi connectivity index (χ1n) is 28.5. The van der Waals surface area contributed by atoms with Crippen molar-refractivity contribution >= 4 is 77.8 Å². The Kier molecular flexibility index (Phi) is 20.4. The summed E-state index contributed by atoms with van der Waals surface area (Å²) in [5.74, 6) is -1.46. The predicted octanol–water partition coefficient (Wildman–Crippen LogP) is 4.08. The van der Waals surface area contributed by atoms with Gasteiger partial charge in [0.05, 0.1) is 23.3 Å². The Morgan fingerprint density at radius 1 is 0.845 bits per heavy atom. The van der Waals surface area contributed by atoms with Crippen LogP contribution in [0.2, 0.25) is 0 Å². The third kappa shape index (κ3) is 15.1. The fourth-order valence-corrected chi connectivity index (χ4v) is 13.5. The zero-order valence-corrected chi connectivity index (χ0v) is 51.2. The molecular weight excluding hydrogens is 1130 g/mol. The van der Waals surface area contributed by atoms with Crippen LogP contribution in [0, 0.1) is 5.41 Å². The summed E-state index contributed by atoms with van der Waals surface area (Å²) in [7, 11) is -4.51. The number of sulfonamides is 1. The molecule has 3 aliphatic rings. The van der Waals surface area contributed by atoms with Gasteiger partial charge in [0.15, 0.2) is 4.80 Å². The van der Waals surface area contributed by atoms with Gasteiger partial charge in [-0.3, -0.25) is 19.8 Å². The summed E-state index contributed by atoms with van der Waals surface area (Å²) in [5, 5.41) is 21.3. The number of piperidine rings is 1. The van der Waals surface area contributed by atoms with Gasteiger partial charge in [-0.15, -0.1) is 11.3 Å². The number of allylic oxidation sites excluding steroid dienone is 5. The minimum absolute atomic E-state index is 0.0139. The molecule has 2 aliphatic carbocycles. The number of fused-ring (bicyclic) bond motifs is 3. The molecule has 0 saturated carbocycles. The van der Waals surface area contributed by atoms with E-state index in [-0.39, 0.29) is 61.0 Å². The van der Waals surface area contributed by atoms with Crippen LogP contribution in [0.1, 0.15) is 93.4 Å². The SMILES string of the molecule is CCN(CC)c1ccc2c(c1)C1=CC(=[N+](CC)CC)C=CC1=C2c1ccc(S(=O)(=O)NC(=O)NCCCC[C@H](NC(=O)Cc2csc(=N)n2C)C(=O)N[C@@H](Cc2c[n+](Cc3ccccc3)cn2C)C(=O)NC2CCN(C)CC2)cc1S(=O)(=O)[O-]. The van der Waals surface area contributed by atoms with Gasteiger partial charge in [0.1, 0.15) is 53.7 Å². The summed E-state index contributed by atoms with van der Waals surface area (Å²) >= 11 is 1.16. The number of amides is 5.